The molecule has 40 heavy (non-hydrogen) atoms. The molecule has 0 spiro atoms. The Bertz CT molecular complexity index is 1840. The van der Waals surface area contributed by atoms with E-state index in [9.17, 15) is 0 Å². The van der Waals surface area contributed by atoms with Crippen molar-refractivity contribution in [2.45, 2.75) is 6.17 Å². The predicted octanol–water partition coefficient (Wildman–Crippen LogP) is 8.67. The third kappa shape index (κ3) is 4.59. The summed E-state index contributed by atoms with van der Waals surface area (Å²) in [6, 6.07) is 52.8. The van der Waals surface area contributed by atoms with Crippen LogP contribution in [-0.2, 0) is 0 Å². The molecule has 190 valence electrons. The molecule has 6 aromatic carbocycles. The Labute approximate surface area is 234 Å². The van der Waals surface area contributed by atoms with Crippen LogP contribution in [0.25, 0.3) is 33.0 Å². The average Bonchev–Trinajstić information content (AvgIpc) is 3.05. The molecule has 1 unspecified atom stereocenters. The standard InChI is InChI=1S/C37H27N3/c1-4-12-26(13-5-1)27-22-24-28(25-23-27)31-18-10-20-33-32(31)19-11-21-34(33)37-39-35(29-14-6-2-7-15-29)38-36(40-37)30-16-8-3-9-17-30/h1-25,35H,(H,38,39,40). The first-order valence-corrected chi connectivity index (χ1v) is 13.5. The summed E-state index contributed by atoms with van der Waals surface area (Å²) in [6.45, 7) is 0. The zero-order valence-electron chi connectivity index (χ0n) is 21.9. The van der Waals surface area contributed by atoms with Gasteiger partial charge in [-0.25, -0.2) is 9.98 Å². The van der Waals surface area contributed by atoms with Crippen LogP contribution in [0.15, 0.2) is 162 Å². The quantitative estimate of drug-likeness (QED) is 0.246. The van der Waals surface area contributed by atoms with E-state index in [-0.39, 0.29) is 6.17 Å². The van der Waals surface area contributed by atoms with Crippen LogP contribution in [0.4, 0.5) is 0 Å². The summed E-state index contributed by atoms with van der Waals surface area (Å²) in [5, 5.41) is 5.87. The number of rotatable bonds is 5. The van der Waals surface area contributed by atoms with Gasteiger partial charge in [0.2, 0.25) is 0 Å². The van der Waals surface area contributed by atoms with Gasteiger partial charge in [0.1, 0.15) is 12.0 Å². The fourth-order valence-electron chi connectivity index (χ4n) is 5.35. The van der Waals surface area contributed by atoms with Crippen LogP contribution < -0.4 is 5.32 Å². The van der Waals surface area contributed by atoms with Crippen molar-refractivity contribution < 1.29 is 0 Å². The Morgan fingerprint density at radius 3 is 1.62 bits per heavy atom. The van der Waals surface area contributed by atoms with Crippen molar-refractivity contribution in [3.63, 3.8) is 0 Å². The van der Waals surface area contributed by atoms with Crippen molar-refractivity contribution in [1.29, 1.82) is 0 Å². The van der Waals surface area contributed by atoms with E-state index in [0.717, 1.165) is 33.7 Å². The summed E-state index contributed by atoms with van der Waals surface area (Å²) in [5.74, 6) is 1.55. The van der Waals surface area contributed by atoms with E-state index in [4.69, 9.17) is 9.98 Å². The second-order valence-corrected chi connectivity index (χ2v) is 9.89. The molecule has 1 aliphatic heterocycles. The largest absolute Gasteiger partial charge is 0.344 e. The Morgan fingerprint density at radius 1 is 0.425 bits per heavy atom. The van der Waals surface area contributed by atoms with Gasteiger partial charge in [0, 0.05) is 11.1 Å². The highest BCUT2D eigenvalue weighted by Crippen LogP contribution is 2.33. The van der Waals surface area contributed by atoms with Gasteiger partial charge < -0.3 is 5.32 Å². The van der Waals surface area contributed by atoms with Crippen LogP contribution in [0.2, 0.25) is 0 Å². The predicted molar refractivity (Wildman–Crippen MR) is 167 cm³/mol. The third-order valence-electron chi connectivity index (χ3n) is 7.37. The van der Waals surface area contributed by atoms with Gasteiger partial charge in [-0.05, 0) is 38.6 Å². The summed E-state index contributed by atoms with van der Waals surface area (Å²) in [6.07, 6.45) is -0.229. The van der Waals surface area contributed by atoms with Crippen molar-refractivity contribution in [2.24, 2.45) is 9.98 Å². The monoisotopic (exact) mass is 513 g/mol. The first-order chi connectivity index (χ1) is 19.8. The minimum atomic E-state index is -0.229. The zero-order valence-corrected chi connectivity index (χ0v) is 21.9. The molecule has 1 heterocycles. The lowest BCUT2D eigenvalue weighted by Crippen LogP contribution is -2.33. The number of benzene rings is 6. The van der Waals surface area contributed by atoms with Crippen molar-refractivity contribution in [3.05, 3.63) is 168 Å². The van der Waals surface area contributed by atoms with E-state index in [1.165, 1.54) is 27.6 Å². The second-order valence-electron chi connectivity index (χ2n) is 9.89. The zero-order chi connectivity index (χ0) is 26.7. The minimum absolute atomic E-state index is 0.229. The Balaban J connectivity index is 1.33. The molecule has 0 radical (unpaired) electrons. The van der Waals surface area contributed by atoms with Crippen LogP contribution in [0.5, 0.6) is 0 Å². The highest BCUT2D eigenvalue weighted by Gasteiger charge is 2.22. The van der Waals surface area contributed by atoms with Gasteiger partial charge in [0.25, 0.3) is 0 Å². The van der Waals surface area contributed by atoms with E-state index < -0.39 is 0 Å². The molecule has 1 atom stereocenters. The van der Waals surface area contributed by atoms with Gasteiger partial charge >= 0.3 is 0 Å². The Kier molecular flexibility index (Phi) is 6.23. The van der Waals surface area contributed by atoms with E-state index in [1.54, 1.807) is 0 Å². The molecule has 0 saturated heterocycles. The molecule has 0 aliphatic carbocycles. The maximum absolute atomic E-state index is 5.11. The summed E-state index contributed by atoms with van der Waals surface area (Å²) in [5.41, 5.74) is 7.97. The topological polar surface area (TPSA) is 36.8 Å². The number of hydrogen-bond acceptors (Lipinski definition) is 3. The van der Waals surface area contributed by atoms with Gasteiger partial charge in [0.15, 0.2) is 5.84 Å². The maximum atomic E-state index is 5.11. The summed E-state index contributed by atoms with van der Waals surface area (Å²) >= 11 is 0. The summed E-state index contributed by atoms with van der Waals surface area (Å²) < 4.78 is 0. The molecule has 0 saturated carbocycles. The SMILES string of the molecule is c1ccc(C2=NC(c3cccc4c(-c5ccc(-c6ccccc6)cc5)cccc34)=NC(c3ccccc3)N2)cc1. The Morgan fingerprint density at radius 2 is 0.950 bits per heavy atom. The number of nitrogens with one attached hydrogen (secondary N) is 1. The fraction of sp³-hybridized carbons (Fsp3) is 0.0270. The van der Waals surface area contributed by atoms with E-state index >= 15 is 0 Å². The molecule has 3 nitrogen and oxygen atoms in total. The average molecular weight is 514 g/mol. The smallest absolute Gasteiger partial charge is 0.160 e. The van der Waals surface area contributed by atoms with Gasteiger partial charge in [-0.1, -0.05) is 152 Å². The molecule has 1 aliphatic rings. The molecule has 0 amide bonds. The number of amidine groups is 2. The van der Waals surface area contributed by atoms with Gasteiger partial charge in [-0.15, -0.1) is 0 Å². The van der Waals surface area contributed by atoms with Crippen LogP contribution in [0.3, 0.4) is 0 Å². The molecule has 3 heteroatoms. The lowest BCUT2D eigenvalue weighted by atomic mass is 9.94. The van der Waals surface area contributed by atoms with E-state index in [0.29, 0.717) is 0 Å². The van der Waals surface area contributed by atoms with Crippen LogP contribution in [-0.4, -0.2) is 11.7 Å². The van der Waals surface area contributed by atoms with Crippen molar-refractivity contribution in [2.75, 3.05) is 0 Å². The van der Waals surface area contributed by atoms with Crippen molar-refractivity contribution in [3.8, 4) is 22.3 Å². The lowest BCUT2D eigenvalue weighted by Gasteiger charge is -2.24. The van der Waals surface area contributed by atoms with Crippen molar-refractivity contribution in [1.82, 2.24) is 5.32 Å². The fourth-order valence-corrected chi connectivity index (χ4v) is 5.35. The van der Waals surface area contributed by atoms with Gasteiger partial charge in [0.05, 0.1) is 0 Å². The van der Waals surface area contributed by atoms with E-state index in [1.807, 2.05) is 42.5 Å². The van der Waals surface area contributed by atoms with Crippen LogP contribution in [0.1, 0.15) is 22.9 Å². The molecular formula is C37H27N3. The summed E-state index contributed by atoms with van der Waals surface area (Å²) in [7, 11) is 0. The first-order valence-electron chi connectivity index (χ1n) is 13.5. The van der Waals surface area contributed by atoms with E-state index in [2.05, 4.69) is 115 Å². The normalized spacial score (nSPS) is 14.8. The third-order valence-corrected chi connectivity index (χ3v) is 7.37. The molecule has 0 aromatic heterocycles. The van der Waals surface area contributed by atoms with Crippen molar-refractivity contribution >= 4 is 22.4 Å². The molecule has 0 bridgehead atoms. The first kappa shape index (κ1) is 23.8. The second kappa shape index (κ2) is 10.5. The molecule has 0 fully saturated rings. The number of fused-ring (bicyclic) bond motifs is 1. The summed E-state index contributed by atoms with van der Waals surface area (Å²) in [4.78, 5) is 10.2. The molecular weight excluding hydrogens is 486 g/mol. The minimum Gasteiger partial charge on any atom is -0.344 e. The van der Waals surface area contributed by atoms with Crippen LogP contribution in [0, 0.1) is 0 Å². The lowest BCUT2D eigenvalue weighted by molar-refractivity contribution is 0.674. The highest BCUT2D eigenvalue weighted by atomic mass is 15.2. The molecule has 6 aromatic rings. The number of aliphatic imine (C=N–C) groups is 2. The Hall–Kier alpha value is -5.28. The highest BCUT2D eigenvalue weighted by molar-refractivity contribution is 6.18. The molecule has 1 N–H and O–H groups in total. The maximum Gasteiger partial charge on any atom is 0.160 e. The van der Waals surface area contributed by atoms with Crippen LogP contribution >= 0.6 is 0 Å². The van der Waals surface area contributed by atoms with Gasteiger partial charge in [-0.2, -0.15) is 0 Å². The molecule has 7 rings (SSSR count). The number of hydrogen-bond donors (Lipinski definition) is 1. The van der Waals surface area contributed by atoms with Gasteiger partial charge in [-0.3, -0.25) is 0 Å². The number of nitrogens with zero attached hydrogens (tertiary/aromatic N) is 2.